The minimum Gasteiger partial charge on any atom is -0.378 e. The van der Waals surface area contributed by atoms with E-state index in [2.05, 4.69) is 20.3 Å². The van der Waals surface area contributed by atoms with Crippen molar-refractivity contribution in [1.29, 1.82) is 0 Å². The van der Waals surface area contributed by atoms with Crippen molar-refractivity contribution in [3.05, 3.63) is 42.2 Å². The molecular formula is C10H12N4. The molecule has 4 heteroatoms. The van der Waals surface area contributed by atoms with E-state index < -0.39 is 0 Å². The monoisotopic (exact) mass is 188 g/mol. The highest BCUT2D eigenvalue weighted by Crippen LogP contribution is 2.10. The Kier molecular flexibility index (Phi) is 2.44. The van der Waals surface area contributed by atoms with Crippen molar-refractivity contribution in [2.45, 2.75) is 13.5 Å². The number of H-pyrrole nitrogens is 1. The summed E-state index contributed by atoms with van der Waals surface area (Å²) in [5, 5.41) is 3.28. The average molecular weight is 188 g/mol. The van der Waals surface area contributed by atoms with Crippen LogP contribution in [0.1, 0.15) is 11.4 Å². The molecule has 0 aliphatic heterocycles. The fourth-order valence-corrected chi connectivity index (χ4v) is 1.24. The van der Waals surface area contributed by atoms with E-state index in [4.69, 9.17) is 0 Å². The maximum atomic E-state index is 4.19. The van der Waals surface area contributed by atoms with Crippen molar-refractivity contribution >= 4 is 5.69 Å². The van der Waals surface area contributed by atoms with Crippen LogP contribution in [0.15, 0.2) is 30.9 Å². The highest BCUT2D eigenvalue weighted by molar-refractivity contribution is 5.46. The van der Waals surface area contributed by atoms with E-state index in [1.54, 1.807) is 18.7 Å². The zero-order chi connectivity index (χ0) is 9.80. The third kappa shape index (κ3) is 1.90. The second-order valence-corrected chi connectivity index (χ2v) is 3.07. The normalized spacial score (nSPS) is 10.1. The van der Waals surface area contributed by atoms with Gasteiger partial charge in [-0.25, -0.2) is 4.98 Å². The zero-order valence-electron chi connectivity index (χ0n) is 7.99. The van der Waals surface area contributed by atoms with Crippen LogP contribution >= 0.6 is 0 Å². The second kappa shape index (κ2) is 3.91. The van der Waals surface area contributed by atoms with Gasteiger partial charge in [0.15, 0.2) is 0 Å². The Labute approximate surface area is 82.4 Å². The third-order valence-corrected chi connectivity index (χ3v) is 2.03. The molecule has 0 aliphatic carbocycles. The van der Waals surface area contributed by atoms with E-state index in [0.29, 0.717) is 0 Å². The van der Waals surface area contributed by atoms with E-state index in [1.807, 2.05) is 19.1 Å². The van der Waals surface area contributed by atoms with Crippen LogP contribution < -0.4 is 5.32 Å². The van der Waals surface area contributed by atoms with Crippen LogP contribution in [0.4, 0.5) is 5.69 Å². The SMILES string of the molecule is Cc1ncccc1NCc1cnc[nH]1. The van der Waals surface area contributed by atoms with Crippen molar-refractivity contribution in [2.75, 3.05) is 5.32 Å². The van der Waals surface area contributed by atoms with Gasteiger partial charge in [-0.15, -0.1) is 0 Å². The number of aromatic amines is 1. The molecule has 2 rings (SSSR count). The molecule has 0 aromatic carbocycles. The van der Waals surface area contributed by atoms with Gasteiger partial charge in [0.25, 0.3) is 0 Å². The minimum absolute atomic E-state index is 0.743. The first-order valence-electron chi connectivity index (χ1n) is 4.49. The fourth-order valence-electron chi connectivity index (χ4n) is 1.24. The number of aryl methyl sites for hydroxylation is 1. The number of hydrogen-bond acceptors (Lipinski definition) is 3. The lowest BCUT2D eigenvalue weighted by Crippen LogP contribution is -2.01. The Morgan fingerprint density at radius 1 is 1.50 bits per heavy atom. The summed E-state index contributed by atoms with van der Waals surface area (Å²) in [6.07, 6.45) is 5.27. The van der Waals surface area contributed by atoms with E-state index in [-0.39, 0.29) is 0 Å². The lowest BCUT2D eigenvalue weighted by molar-refractivity contribution is 1.06. The Morgan fingerprint density at radius 2 is 2.43 bits per heavy atom. The first kappa shape index (κ1) is 8.74. The molecule has 0 saturated carbocycles. The van der Waals surface area contributed by atoms with Crippen molar-refractivity contribution in [3.63, 3.8) is 0 Å². The molecule has 0 spiro atoms. The molecule has 2 N–H and O–H groups in total. The van der Waals surface area contributed by atoms with Crippen LogP contribution in [0.5, 0.6) is 0 Å². The summed E-state index contributed by atoms with van der Waals surface area (Å²) in [5.74, 6) is 0. The van der Waals surface area contributed by atoms with Crippen LogP contribution in [-0.4, -0.2) is 15.0 Å². The lowest BCUT2D eigenvalue weighted by Gasteiger charge is -2.06. The Balaban J connectivity index is 2.02. The van der Waals surface area contributed by atoms with Crippen LogP contribution in [0.2, 0.25) is 0 Å². The van der Waals surface area contributed by atoms with E-state index in [9.17, 15) is 0 Å². The van der Waals surface area contributed by atoms with Crippen molar-refractivity contribution in [3.8, 4) is 0 Å². The van der Waals surface area contributed by atoms with Gasteiger partial charge in [0.2, 0.25) is 0 Å². The molecule has 2 aromatic rings. The number of pyridine rings is 1. The molecular weight excluding hydrogens is 176 g/mol. The molecule has 0 amide bonds. The van der Waals surface area contributed by atoms with Gasteiger partial charge in [-0.1, -0.05) is 0 Å². The molecule has 0 unspecified atom stereocenters. The molecule has 72 valence electrons. The summed E-state index contributed by atoms with van der Waals surface area (Å²) < 4.78 is 0. The summed E-state index contributed by atoms with van der Waals surface area (Å²) in [6, 6.07) is 3.93. The smallest absolute Gasteiger partial charge is 0.0922 e. The molecule has 0 radical (unpaired) electrons. The average Bonchev–Trinajstić information content (AvgIpc) is 2.69. The standard InChI is InChI=1S/C10H12N4/c1-8-10(3-2-4-12-8)13-6-9-5-11-7-14-9/h2-5,7,13H,6H2,1H3,(H,11,14). The molecule has 0 bridgehead atoms. The summed E-state index contributed by atoms with van der Waals surface area (Å²) in [5.41, 5.74) is 3.13. The first-order valence-corrected chi connectivity index (χ1v) is 4.49. The van der Waals surface area contributed by atoms with Crippen molar-refractivity contribution in [1.82, 2.24) is 15.0 Å². The lowest BCUT2D eigenvalue weighted by atomic mass is 10.3. The van der Waals surface area contributed by atoms with Crippen LogP contribution in [-0.2, 0) is 6.54 Å². The van der Waals surface area contributed by atoms with Crippen molar-refractivity contribution in [2.24, 2.45) is 0 Å². The van der Waals surface area contributed by atoms with Crippen LogP contribution in [0, 0.1) is 6.92 Å². The Morgan fingerprint density at radius 3 is 3.14 bits per heavy atom. The number of rotatable bonds is 3. The van der Waals surface area contributed by atoms with Crippen LogP contribution in [0.3, 0.4) is 0 Å². The summed E-state index contributed by atoms with van der Waals surface area (Å²) in [7, 11) is 0. The Hall–Kier alpha value is -1.84. The Bertz CT molecular complexity index is 394. The fraction of sp³-hybridized carbons (Fsp3) is 0.200. The molecule has 0 atom stereocenters. The maximum Gasteiger partial charge on any atom is 0.0922 e. The number of aromatic nitrogens is 3. The molecule has 4 nitrogen and oxygen atoms in total. The summed E-state index contributed by atoms with van der Waals surface area (Å²) in [6.45, 7) is 2.72. The topological polar surface area (TPSA) is 53.6 Å². The van der Waals surface area contributed by atoms with E-state index >= 15 is 0 Å². The highest BCUT2D eigenvalue weighted by atomic mass is 14.9. The summed E-state index contributed by atoms with van der Waals surface area (Å²) in [4.78, 5) is 11.2. The molecule has 14 heavy (non-hydrogen) atoms. The minimum atomic E-state index is 0.743. The maximum absolute atomic E-state index is 4.19. The molecule has 2 heterocycles. The van der Waals surface area contributed by atoms with Gasteiger partial charge in [-0.2, -0.15) is 0 Å². The zero-order valence-corrected chi connectivity index (χ0v) is 7.99. The first-order chi connectivity index (χ1) is 6.86. The number of anilines is 1. The quantitative estimate of drug-likeness (QED) is 0.771. The predicted octanol–water partition coefficient (Wildman–Crippen LogP) is 1.73. The second-order valence-electron chi connectivity index (χ2n) is 3.07. The number of nitrogens with one attached hydrogen (secondary N) is 2. The number of imidazole rings is 1. The molecule has 0 saturated heterocycles. The van der Waals surface area contributed by atoms with E-state index in [1.165, 1.54) is 0 Å². The highest BCUT2D eigenvalue weighted by Gasteiger charge is 1.97. The molecule has 0 aliphatic rings. The van der Waals surface area contributed by atoms with Gasteiger partial charge in [-0.05, 0) is 19.1 Å². The van der Waals surface area contributed by atoms with Crippen molar-refractivity contribution < 1.29 is 0 Å². The van der Waals surface area contributed by atoms with Crippen LogP contribution in [0.25, 0.3) is 0 Å². The number of nitrogens with zero attached hydrogens (tertiary/aromatic N) is 2. The predicted molar refractivity (Wildman–Crippen MR) is 54.9 cm³/mol. The summed E-state index contributed by atoms with van der Waals surface area (Å²) >= 11 is 0. The van der Waals surface area contributed by atoms with Gasteiger partial charge in [-0.3, -0.25) is 4.98 Å². The van der Waals surface area contributed by atoms with Gasteiger partial charge >= 0.3 is 0 Å². The van der Waals surface area contributed by atoms with Gasteiger partial charge in [0.05, 0.1) is 29.9 Å². The van der Waals surface area contributed by atoms with Gasteiger partial charge in [0.1, 0.15) is 0 Å². The van der Waals surface area contributed by atoms with Gasteiger partial charge in [0, 0.05) is 12.4 Å². The van der Waals surface area contributed by atoms with Gasteiger partial charge < -0.3 is 10.3 Å². The largest absolute Gasteiger partial charge is 0.378 e. The third-order valence-electron chi connectivity index (χ3n) is 2.03. The molecule has 0 fully saturated rings. The molecule has 2 aromatic heterocycles. The van der Waals surface area contributed by atoms with E-state index in [0.717, 1.165) is 23.6 Å². The number of hydrogen-bond donors (Lipinski definition) is 2.